The van der Waals surface area contributed by atoms with Crippen molar-refractivity contribution in [2.45, 2.75) is 25.8 Å². The lowest BCUT2D eigenvalue weighted by Crippen LogP contribution is -2.42. The van der Waals surface area contributed by atoms with Crippen molar-refractivity contribution in [3.63, 3.8) is 0 Å². The van der Waals surface area contributed by atoms with Crippen LogP contribution in [0.3, 0.4) is 0 Å². The predicted octanol–water partition coefficient (Wildman–Crippen LogP) is 3.47. The minimum absolute atomic E-state index is 0.0213. The van der Waals surface area contributed by atoms with Crippen LogP contribution < -0.4 is 10.2 Å². The first kappa shape index (κ1) is 17.2. The second-order valence-electron chi connectivity index (χ2n) is 6.10. The third-order valence-corrected chi connectivity index (χ3v) is 4.33. The molecule has 0 saturated carbocycles. The fourth-order valence-corrected chi connectivity index (χ4v) is 3.09. The van der Waals surface area contributed by atoms with Gasteiger partial charge in [0.1, 0.15) is 0 Å². The average molecular weight is 338 g/mol. The molecule has 0 atom stereocenters. The summed E-state index contributed by atoms with van der Waals surface area (Å²) in [5.41, 5.74) is 2.16. The van der Waals surface area contributed by atoms with Gasteiger partial charge in [0, 0.05) is 43.1 Å². The first-order valence-electron chi connectivity index (χ1n) is 8.49. The fraction of sp³-hybridized carbons (Fsp3) is 0.300. The van der Waals surface area contributed by atoms with Gasteiger partial charge in [0.25, 0.3) is 5.91 Å². The molecule has 5 heteroatoms. The number of rotatable bonds is 4. The van der Waals surface area contributed by atoms with Gasteiger partial charge in [0.15, 0.2) is 0 Å². The zero-order chi connectivity index (χ0) is 17.6. The molecule has 1 aliphatic heterocycles. The predicted molar refractivity (Wildman–Crippen MR) is 97.8 cm³/mol. The number of hydrogen-bond acceptors (Lipinski definition) is 3. The topological polar surface area (TPSA) is 58.6 Å². The number of nitrogens with zero attached hydrogens (tertiary/aromatic N) is 1. The zero-order valence-electron chi connectivity index (χ0n) is 14.3. The summed E-state index contributed by atoms with van der Waals surface area (Å²) in [5, 5.41) is 2.87. The van der Waals surface area contributed by atoms with E-state index in [0.29, 0.717) is 24.5 Å². The van der Waals surface area contributed by atoms with Gasteiger partial charge in [-0.1, -0.05) is 18.2 Å². The van der Waals surface area contributed by atoms with Gasteiger partial charge in [-0.05, 0) is 49.2 Å². The Labute approximate surface area is 147 Å². The normalized spacial score (nSPS) is 14.8. The molecule has 1 fully saturated rings. The first-order valence-corrected chi connectivity index (χ1v) is 8.49. The second-order valence-corrected chi connectivity index (χ2v) is 6.10. The van der Waals surface area contributed by atoms with Crippen LogP contribution in [0.5, 0.6) is 0 Å². The van der Waals surface area contributed by atoms with Crippen LogP contribution in [-0.4, -0.2) is 31.1 Å². The average Bonchev–Trinajstić information content (AvgIpc) is 2.65. The lowest BCUT2D eigenvalue weighted by atomic mass is 10.1. The van der Waals surface area contributed by atoms with Crippen molar-refractivity contribution in [1.29, 1.82) is 0 Å². The minimum Gasteiger partial charge on any atom is -0.381 e. The van der Waals surface area contributed by atoms with E-state index in [2.05, 4.69) is 5.32 Å². The molecule has 2 amide bonds. The van der Waals surface area contributed by atoms with Crippen molar-refractivity contribution >= 4 is 23.2 Å². The largest absolute Gasteiger partial charge is 0.381 e. The van der Waals surface area contributed by atoms with Gasteiger partial charge in [-0.15, -0.1) is 0 Å². The lowest BCUT2D eigenvalue weighted by molar-refractivity contribution is -0.117. The zero-order valence-corrected chi connectivity index (χ0v) is 14.3. The maximum atomic E-state index is 12.2. The van der Waals surface area contributed by atoms with Gasteiger partial charge < -0.3 is 15.0 Å². The van der Waals surface area contributed by atoms with E-state index in [4.69, 9.17) is 4.74 Å². The molecule has 0 radical (unpaired) electrons. The van der Waals surface area contributed by atoms with E-state index in [1.807, 2.05) is 47.4 Å². The Bertz CT molecular complexity index is 722. The maximum Gasteiger partial charge on any atom is 0.255 e. The van der Waals surface area contributed by atoms with E-state index in [-0.39, 0.29) is 17.9 Å². The smallest absolute Gasteiger partial charge is 0.255 e. The van der Waals surface area contributed by atoms with E-state index in [1.165, 1.54) is 0 Å². The number of ether oxygens (including phenoxy) is 1. The lowest BCUT2D eigenvalue weighted by Gasteiger charge is -2.33. The summed E-state index contributed by atoms with van der Waals surface area (Å²) >= 11 is 0. The Morgan fingerprint density at radius 2 is 1.64 bits per heavy atom. The molecule has 1 saturated heterocycles. The third kappa shape index (κ3) is 4.25. The van der Waals surface area contributed by atoms with Crippen LogP contribution in [0, 0.1) is 0 Å². The van der Waals surface area contributed by atoms with E-state index in [0.717, 1.165) is 18.5 Å². The van der Waals surface area contributed by atoms with Crippen molar-refractivity contribution in [3.8, 4) is 0 Å². The molecule has 2 aromatic rings. The third-order valence-electron chi connectivity index (χ3n) is 4.33. The Morgan fingerprint density at radius 1 is 1.00 bits per heavy atom. The molecular formula is C20H22N2O3. The molecule has 0 unspecified atom stereocenters. The number of anilines is 2. The molecule has 2 aromatic carbocycles. The molecular weight excluding hydrogens is 316 g/mol. The van der Waals surface area contributed by atoms with Crippen LogP contribution in [0.25, 0.3) is 0 Å². The van der Waals surface area contributed by atoms with E-state index in [9.17, 15) is 9.59 Å². The summed E-state index contributed by atoms with van der Waals surface area (Å²) in [6.07, 6.45) is 1.68. The van der Waals surface area contributed by atoms with Gasteiger partial charge in [-0.25, -0.2) is 0 Å². The summed E-state index contributed by atoms with van der Waals surface area (Å²) in [5.74, 6) is -0.130. The maximum absolute atomic E-state index is 12.2. The molecule has 0 aromatic heterocycles. The molecule has 5 nitrogen and oxygen atoms in total. The summed E-state index contributed by atoms with van der Waals surface area (Å²) in [6, 6.07) is 16.6. The fourth-order valence-electron chi connectivity index (χ4n) is 3.09. The van der Waals surface area contributed by atoms with Gasteiger partial charge in [0.05, 0.1) is 0 Å². The van der Waals surface area contributed by atoms with Crippen LogP contribution in [0.4, 0.5) is 11.4 Å². The molecule has 0 aliphatic carbocycles. The van der Waals surface area contributed by atoms with Gasteiger partial charge in [-0.3, -0.25) is 9.59 Å². The highest BCUT2D eigenvalue weighted by Gasteiger charge is 2.24. The molecule has 0 bridgehead atoms. The number of benzene rings is 2. The number of hydrogen-bond donors (Lipinski definition) is 1. The first-order chi connectivity index (χ1) is 12.1. The van der Waals surface area contributed by atoms with Crippen LogP contribution in [0.15, 0.2) is 54.6 Å². The van der Waals surface area contributed by atoms with Crippen molar-refractivity contribution in [2.24, 2.45) is 0 Å². The molecule has 130 valence electrons. The van der Waals surface area contributed by atoms with Crippen molar-refractivity contribution in [1.82, 2.24) is 0 Å². The van der Waals surface area contributed by atoms with Crippen LogP contribution in [-0.2, 0) is 9.53 Å². The Hall–Kier alpha value is -2.66. The van der Waals surface area contributed by atoms with Crippen molar-refractivity contribution in [2.75, 3.05) is 23.4 Å². The molecule has 1 aliphatic rings. The van der Waals surface area contributed by atoms with E-state index in [1.54, 1.807) is 19.1 Å². The number of carbonyl (C=O) groups is 2. The molecule has 25 heavy (non-hydrogen) atoms. The summed E-state index contributed by atoms with van der Waals surface area (Å²) in [4.78, 5) is 26.1. The second kappa shape index (κ2) is 7.94. The van der Waals surface area contributed by atoms with Crippen LogP contribution in [0.2, 0.25) is 0 Å². The number of nitrogens with one attached hydrogen (secondary N) is 1. The molecule has 1 heterocycles. The SMILES string of the molecule is CC(=O)N(c1ccc(NC(=O)c2ccccc2)cc1)C1CCOCC1. The highest BCUT2D eigenvalue weighted by molar-refractivity contribution is 6.04. The Kier molecular flexibility index (Phi) is 5.46. The van der Waals surface area contributed by atoms with Crippen molar-refractivity contribution < 1.29 is 14.3 Å². The van der Waals surface area contributed by atoms with Crippen LogP contribution >= 0.6 is 0 Å². The Balaban J connectivity index is 1.72. The summed E-state index contributed by atoms with van der Waals surface area (Å²) in [6.45, 7) is 2.94. The Morgan fingerprint density at radius 3 is 2.24 bits per heavy atom. The highest BCUT2D eigenvalue weighted by Crippen LogP contribution is 2.25. The van der Waals surface area contributed by atoms with Gasteiger partial charge in [0.2, 0.25) is 5.91 Å². The highest BCUT2D eigenvalue weighted by atomic mass is 16.5. The van der Waals surface area contributed by atoms with Crippen LogP contribution in [0.1, 0.15) is 30.1 Å². The number of carbonyl (C=O) groups excluding carboxylic acids is 2. The van der Waals surface area contributed by atoms with E-state index >= 15 is 0 Å². The number of amides is 2. The standard InChI is InChI=1S/C20H22N2O3/c1-15(23)22(19-11-13-25-14-12-19)18-9-7-17(8-10-18)21-20(24)16-5-3-2-4-6-16/h2-10,19H,11-14H2,1H3,(H,21,24). The van der Waals surface area contributed by atoms with Gasteiger partial charge in [-0.2, -0.15) is 0 Å². The quantitative estimate of drug-likeness (QED) is 0.928. The summed E-state index contributed by atoms with van der Waals surface area (Å²) < 4.78 is 5.38. The molecule has 1 N–H and O–H groups in total. The summed E-state index contributed by atoms with van der Waals surface area (Å²) in [7, 11) is 0. The van der Waals surface area contributed by atoms with Crippen molar-refractivity contribution in [3.05, 3.63) is 60.2 Å². The minimum atomic E-state index is -0.152. The van der Waals surface area contributed by atoms with E-state index < -0.39 is 0 Å². The van der Waals surface area contributed by atoms with Gasteiger partial charge >= 0.3 is 0 Å². The molecule has 0 spiro atoms. The molecule has 3 rings (SSSR count). The monoisotopic (exact) mass is 338 g/mol.